The van der Waals surface area contributed by atoms with Crippen LogP contribution in [0.5, 0.6) is 0 Å². The van der Waals surface area contributed by atoms with Gasteiger partial charge in [0, 0.05) is 7.05 Å². The van der Waals surface area contributed by atoms with Crippen molar-refractivity contribution in [3.8, 4) is 0 Å². The number of amides is 2. The smallest absolute Gasteiger partial charge is 0.415 e. The number of methoxy groups -OCH3 is 1. The molecule has 0 fully saturated rings. The normalized spacial score (nSPS) is 8.70. The Bertz CT molecular complexity index is 132. The molecular formula is C5H8ClNO3. The van der Waals surface area contributed by atoms with E-state index in [1.54, 1.807) is 0 Å². The Kier molecular flexibility index (Phi) is 3.79. The van der Waals surface area contributed by atoms with Crippen molar-refractivity contribution < 1.29 is 14.3 Å². The van der Waals surface area contributed by atoms with Gasteiger partial charge in [0.2, 0.25) is 5.91 Å². The molecule has 0 bridgehead atoms. The molecule has 0 atom stereocenters. The molecule has 0 saturated heterocycles. The Hall–Kier alpha value is -0.770. The van der Waals surface area contributed by atoms with Crippen molar-refractivity contribution in [2.45, 2.75) is 0 Å². The van der Waals surface area contributed by atoms with E-state index in [9.17, 15) is 9.59 Å². The zero-order chi connectivity index (χ0) is 8.15. The van der Waals surface area contributed by atoms with E-state index in [-0.39, 0.29) is 5.88 Å². The van der Waals surface area contributed by atoms with E-state index < -0.39 is 12.0 Å². The van der Waals surface area contributed by atoms with Crippen molar-refractivity contribution in [1.29, 1.82) is 0 Å². The van der Waals surface area contributed by atoms with Crippen molar-refractivity contribution in [1.82, 2.24) is 4.90 Å². The van der Waals surface area contributed by atoms with Crippen molar-refractivity contribution >= 4 is 23.6 Å². The highest BCUT2D eigenvalue weighted by atomic mass is 35.5. The van der Waals surface area contributed by atoms with Gasteiger partial charge in [0.25, 0.3) is 0 Å². The van der Waals surface area contributed by atoms with Gasteiger partial charge in [0.1, 0.15) is 5.88 Å². The van der Waals surface area contributed by atoms with E-state index in [1.165, 1.54) is 14.2 Å². The lowest BCUT2D eigenvalue weighted by Gasteiger charge is -2.10. The molecule has 0 N–H and O–H groups in total. The molecule has 58 valence electrons. The minimum Gasteiger partial charge on any atom is -0.452 e. The number of carbonyl (C=O) groups excluding carboxylic acids is 2. The third kappa shape index (κ3) is 2.23. The molecule has 0 unspecified atom stereocenters. The fraction of sp³-hybridized carbons (Fsp3) is 0.600. The van der Waals surface area contributed by atoms with E-state index in [4.69, 9.17) is 11.6 Å². The van der Waals surface area contributed by atoms with Gasteiger partial charge < -0.3 is 4.74 Å². The zero-order valence-electron chi connectivity index (χ0n) is 5.76. The second kappa shape index (κ2) is 4.11. The quantitative estimate of drug-likeness (QED) is 0.530. The van der Waals surface area contributed by atoms with Crippen LogP contribution in [0, 0.1) is 0 Å². The Balaban J connectivity index is 3.94. The number of halogens is 1. The third-order valence-electron chi connectivity index (χ3n) is 0.937. The molecule has 0 aliphatic carbocycles. The minimum atomic E-state index is -0.703. The van der Waals surface area contributed by atoms with Gasteiger partial charge in [-0.1, -0.05) is 0 Å². The van der Waals surface area contributed by atoms with Gasteiger partial charge in [-0.2, -0.15) is 0 Å². The van der Waals surface area contributed by atoms with Gasteiger partial charge in [-0.05, 0) is 0 Å². The maximum absolute atomic E-state index is 10.6. The highest BCUT2D eigenvalue weighted by Gasteiger charge is 2.14. The molecule has 0 heterocycles. The van der Waals surface area contributed by atoms with E-state index >= 15 is 0 Å². The van der Waals surface area contributed by atoms with Crippen LogP contribution >= 0.6 is 11.6 Å². The molecule has 0 spiro atoms. The average Bonchev–Trinajstić information content (AvgIpc) is 2.00. The molecular weight excluding hydrogens is 158 g/mol. The fourth-order valence-electron chi connectivity index (χ4n) is 0.328. The largest absolute Gasteiger partial charge is 0.452 e. The topological polar surface area (TPSA) is 46.6 Å². The first kappa shape index (κ1) is 9.23. The number of imide groups is 1. The summed E-state index contributed by atoms with van der Waals surface area (Å²) in [5, 5.41) is 0. The molecule has 0 aromatic carbocycles. The summed E-state index contributed by atoms with van der Waals surface area (Å²) >= 11 is 5.15. The van der Waals surface area contributed by atoms with E-state index in [0.717, 1.165) is 4.90 Å². The van der Waals surface area contributed by atoms with Crippen LogP contribution in [-0.4, -0.2) is 36.9 Å². The van der Waals surface area contributed by atoms with Crippen LogP contribution in [0.2, 0.25) is 0 Å². The SMILES string of the molecule is COC(=O)N(C)C(=O)CCl. The first-order valence-electron chi connectivity index (χ1n) is 2.54. The van der Waals surface area contributed by atoms with Crippen LogP contribution in [0.3, 0.4) is 0 Å². The molecule has 0 radical (unpaired) electrons. The van der Waals surface area contributed by atoms with Gasteiger partial charge in [0.05, 0.1) is 7.11 Å². The average molecular weight is 166 g/mol. The van der Waals surface area contributed by atoms with Gasteiger partial charge in [0.15, 0.2) is 0 Å². The van der Waals surface area contributed by atoms with E-state index in [1.807, 2.05) is 0 Å². The molecule has 5 heteroatoms. The zero-order valence-corrected chi connectivity index (χ0v) is 6.51. The van der Waals surface area contributed by atoms with E-state index in [0.29, 0.717) is 0 Å². The van der Waals surface area contributed by atoms with E-state index in [2.05, 4.69) is 4.74 Å². The number of rotatable bonds is 1. The Labute approximate surface area is 63.7 Å². The number of carbonyl (C=O) groups is 2. The Morgan fingerprint density at radius 3 is 2.40 bits per heavy atom. The summed E-state index contributed by atoms with van der Waals surface area (Å²) in [5.74, 6) is -0.695. The summed E-state index contributed by atoms with van der Waals surface area (Å²) in [5.41, 5.74) is 0. The van der Waals surface area contributed by atoms with Crippen molar-refractivity contribution in [3.63, 3.8) is 0 Å². The van der Waals surface area contributed by atoms with Crippen molar-refractivity contribution in [3.05, 3.63) is 0 Å². The molecule has 0 aliphatic rings. The van der Waals surface area contributed by atoms with Crippen LogP contribution in [0.15, 0.2) is 0 Å². The lowest BCUT2D eigenvalue weighted by atomic mass is 10.6. The maximum Gasteiger partial charge on any atom is 0.415 e. The molecule has 10 heavy (non-hydrogen) atoms. The van der Waals surface area contributed by atoms with Gasteiger partial charge in [-0.15, -0.1) is 11.6 Å². The van der Waals surface area contributed by atoms with Crippen LogP contribution in [-0.2, 0) is 9.53 Å². The third-order valence-corrected chi connectivity index (χ3v) is 1.17. The minimum absolute atomic E-state index is 0.217. The first-order valence-corrected chi connectivity index (χ1v) is 3.07. The highest BCUT2D eigenvalue weighted by molar-refractivity contribution is 6.28. The molecule has 4 nitrogen and oxygen atoms in total. The molecule has 0 aromatic rings. The van der Waals surface area contributed by atoms with Gasteiger partial charge in [-0.25, -0.2) is 9.69 Å². The number of nitrogens with zero attached hydrogens (tertiary/aromatic N) is 1. The second-order valence-electron chi connectivity index (χ2n) is 1.56. The number of hydrogen-bond donors (Lipinski definition) is 0. The van der Waals surface area contributed by atoms with Crippen molar-refractivity contribution in [2.75, 3.05) is 20.0 Å². The molecule has 2 amide bonds. The number of alkyl halides is 1. The number of ether oxygens (including phenoxy) is 1. The predicted octanol–water partition coefficient (Wildman–Crippen LogP) is 0.450. The molecule has 0 aromatic heterocycles. The lowest BCUT2D eigenvalue weighted by Crippen LogP contribution is -2.33. The van der Waals surface area contributed by atoms with Crippen LogP contribution in [0.4, 0.5) is 4.79 Å². The summed E-state index contributed by atoms with van der Waals surface area (Å²) in [7, 11) is 2.50. The lowest BCUT2D eigenvalue weighted by molar-refractivity contribution is -0.125. The predicted molar refractivity (Wildman–Crippen MR) is 35.9 cm³/mol. The second-order valence-corrected chi connectivity index (χ2v) is 1.82. The summed E-state index contributed by atoms with van der Waals surface area (Å²) < 4.78 is 4.24. The van der Waals surface area contributed by atoms with Crippen LogP contribution in [0.1, 0.15) is 0 Å². The Morgan fingerprint density at radius 1 is 1.60 bits per heavy atom. The summed E-state index contributed by atoms with van der Waals surface area (Å²) in [6.45, 7) is 0. The van der Waals surface area contributed by atoms with Crippen molar-refractivity contribution in [2.24, 2.45) is 0 Å². The standard InChI is InChI=1S/C5H8ClNO3/c1-7(4(8)3-6)5(9)10-2/h3H2,1-2H3. The highest BCUT2D eigenvalue weighted by Crippen LogP contribution is 1.90. The van der Waals surface area contributed by atoms with Crippen LogP contribution in [0.25, 0.3) is 0 Å². The molecule has 0 aliphatic heterocycles. The summed E-state index contributed by atoms with van der Waals surface area (Å²) in [6, 6.07) is 0. The van der Waals surface area contributed by atoms with Gasteiger partial charge in [-0.3, -0.25) is 4.79 Å². The monoisotopic (exact) mass is 165 g/mol. The maximum atomic E-state index is 10.6. The number of hydrogen-bond acceptors (Lipinski definition) is 3. The first-order chi connectivity index (χ1) is 4.63. The molecule has 0 rings (SSSR count). The van der Waals surface area contributed by atoms with Crippen LogP contribution < -0.4 is 0 Å². The summed E-state index contributed by atoms with van der Waals surface area (Å²) in [4.78, 5) is 22.0. The Morgan fingerprint density at radius 2 is 2.10 bits per heavy atom. The fourth-order valence-corrected chi connectivity index (χ4v) is 0.508. The molecule has 0 saturated carbocycles. The van der Waals surface area contributed by atoms with Gasteiger partial charge >= 0.3 is 6.09 Å². The summed E-state index contributed by atoms with van der Waals surface area (Å²) in [6.07, 6.45) is -0.703.